The molecule has 1 aromatic carbocycles. The predicted octanol–water partition coefficient (Wildman–Crippen LogP) is 2.50. The molecule has 0 radical (unpaired) electrons. The molecule has 22 heavy (non-hydrogen) atoms. The molecule has 0 saturated heterocycles. The summed E-state index contributed by atoms with van der Waals surface area (Å²) in [6, 6.07) is 10.7. The van der Waals surface area contributed by atoms with Gasteiger partial charge >= 0.3 is 0 Å². The maximum Gasteiger partial charge on any atom is 0.202 e. The largest absolute Gasteiger partial charge is 0.365 e. The van der Waals surface area contributed by atoms with Gasteiger partial charge in [0, 0.05) is 18.7 Å². The van der Waals surface area contributed by atoms with Crippen molar-refractivity contribution in [3.63, 3.8) is 0 Å². The fraction of sp³-hybridized carbons (Fsp3) is 0.353. The van der Waals surface area contributed by atoms with E-state index in [0.717, 1.165) is 12.4 Å². The minimum atomic E-state index is 0.0861. The molecule has 0 saturated carbocycles. The Morgan fingerprint density at radius 1 is 1.18 bits per heavy atom. The highest BCUT2D eigenvalue weighted by Crippen LogP contribution is 2.38. The van der Waals surface area contributed by atoms with E-state index in [2.05, 4.69) is 52.4 Å². The highest BCUT2D eigenvalue weighted by atomic mass is 16.1. The van der Waals surface area contributed by atoms with Crippen LogP contribution in [0.1, 0.15) is 41.4 Å². The van der Waals surface area contributed by atoms with Crippen molar-refractivity contribution in [2.75, 3.05) is 0 Å². The van der Waals surface area contributed by atoms with Gasteiger partial charge in [-0.05, 0) is 25.5 Å². The Morgan fingerprint density at radius 3 is 2.73 bits per heavy atom. The van der Waals surface area contributed by atoms with Crippen LogP contribution in [-0.2, 0) is 6.54 Å². The Labute approximate surface area is 129 Å². The lowest BCUT2D eigenvalue weighted by atomic mass is 9.98. The minimum absolute atomic E-state index is 0.0861. The summed E-state index contributed by atoms with van der Waals surface area (Å²) in [4.78, 5) is 14.7. The molecule has 2 atom stereocenters. The van der Waals surface area contributed by atoms with Crippen molar-refractivity contribution in [2.45, 2.75) is 38.9 Å². The van der Waals surface area contributed by atoms with Crippen LogP contribution >= 0.6 is 0 Å². The van der Waals surface area contributed by atoms with Crippen LogP contribution in [0.2, 0.25) is 0 Å². The summed E-state index contributed by atoms with van der Waals surface area (Å²) in [5.74, 6) is 1.40. The van der Waals surface area contributed by atoms with Crippen molar-refractivity contribution < 1.29 is 4.79 Å². The number of hydrogen-bond donors (Lipinski definition) is 0. The Balaban J connectivity index is 1.70. The monoisotopic (exact) mass is 294 g/mol. The van der Waals surface area contributed by atoms with E-state index in [9.17, 15) is 4.79 Å². The molecule has 0 bridgehead atoms. The number of fused-ring (bicyclic) bond motifs is 3. The summed E-state index contributed by atoms with van der Waals surface area (Å²) in [7, 11) is 0. The van der Waals surface area contributed by atoms with Crippen LogP contribution in [0.5, 0.6) is 0 Å². The molecule has 0 fully saturated rings. The number of ketones is 1. The molecule has 5 nitrogen and oxygen atoms in total. The van der Waals surface area contributed by atoms with Crippen molar-refractivity contribution in [2.24, 2.45) is 0 Å². The lowest BCUT2D eigenvalue weighted by Gasteiger charge is -2.35. The Hall–Kier alpha value is -2.43. The SMILES string of the molecule is CC1=CC2C(CC(=O)c3nnc(C)n32)N1Cc1ccccc1. The Kier molecular flexibility index (Phi) is 2.89. The first-order chi connectivity index (χ1) is 10.6. The molecule has 4 rings (SSSR count). The standard InChI is InChI=1S/C17H18N4O/c1-11-8-15-14(20(11)10-13-6-4-3-5-7-13)9-16(22)17-19-18-12(2)21(15)17/h3-8,14-15H,9-10H2,1-2H3. The van der Waals surface area contributed by atoms with E-state index in [1.807, 2.05) is 17.6 Å². The minimum Gasteiger partial charge on any atom is -0.365 e. The number of nitrogens with zero attached hydrogens (tertiary/aromatic N) is 4. The van der Waals surface area contributed by atoms with Crippen LogP contribution in [0.3, 0.4) is 0 Å². The van der Waals surface area contributed by atoms with Gasteiger partial charge in [-0.15, -0.1) is 10.2 Å². The molecule has 0 amide bonds. The van der Waals surface area contributed by atoms with Crippen molar-refractivity contribution in [3.8, 4) is 0 Å². The molecule has 1 aromatic heterocycles. The van der Waals surface area contributed by atoms with E-state index in [1.54, 1.807) is 0 Å². The van der Waals surface area contributed by atoms with Crippen LogP contribution in [0.15, 0.2) is 42.1 Å². The number of benzene rings is 1. The van der Waals surface area contributed by atoms with Gasteiger partial charge in [0.25, 0.3) is 0 Å². The van der Waals surface area contributed by atoms with Crippen molar-refractivity contribution >= 4 is 5.78 Å². The van der Waals surface area contributed by atoms with Gasteiger partial charge in [-0.25, -0.2) is 0 Å². The summed E-state index contributed by atoms with van der Waals surface area (Å²) in [5.41, 5.74) is 2.47. The predicted molar refractivity (Wildman–Crippen MR) is 82.3 cm³/mol. The summed E-state index contributed by atoms with van der Waals surface area (Å²) in [6.45, 7) is 4.86. The number of Topliss-reactive ketones (excluding diaryl/α,β-unsaturated/α-hetero) is 1. The third-order valence-electron chi connectivity index (χ3n) is 4.66. The maximum absolute atomic E-state index is 12.4. The number of hydrogen-bond acceptors (Lipinski definition) is 4. The maximum atomic E-state index is 12.4. The van der Waals surface area contributed by atoms with Gasteiger partial charge in [-0.2, -0.15) is 0 Å². The zero-order valence-corrected chi connectivity index (χ0v) is 12.7. The molecule has 3 heterocycles. The smallest absolute Gasteiger partial charge is 0.202 e. The summed E-state index contributed by atoms with van der Waals surface area (Å²) < 4.78 is 1.99. The number of aromatic nitrogens is 3. The fourth-order valence-corrected chi connectivity index (χ4v) is 3.60. The summed E-state index contributed by atoms with van der Waals surface area (Å²) in [6.07, 6.45) is 2.74. The van der Waals surface area contributed by atoms with Crippen molar-refractivity contribution in [1.29, 1.82) is 0 Å². The lowest BCUT2D eigenvalue weighted by molar-refractivity contribution is 0.0870. The molecular formula is C17H18N4O. The fourth-order valence-electron chi connectivity index (χ4n) is 3.60. The van der Waals surface area contributed by atoms with Gasteiger partial charge in [0.1, 0.15) is 5.82 Å². The quantitative estimate of drug-likeness (QED) is 0.854. The van der Waals surface area contributed by atoms with E-state index >= 15 is 0 Å². The number of carbonyl (C=O) groups is 1. The molecule has 112 valence electrons. The normalized spacial score (nSPS) is 23.3. The third-order valence-corrected chi connectivity index (χ3v) is 4.66. The van der Waals surface area contributed by atoms with Crippen LogP contribution in [0, 0.1) is 6.92 Å². The van der Waals surface area contributed by atoms with Crippen LogP contribution < -0.4 is 0 Å². The van der Waals surface area contributed by atoms with E-state index < -0.39 is 0 Å². The van der Waals surface area contributed by atoms with Crippen LogP contribution in [0.4, 0.5) is 0 Å². The first-order valence-corrected chi connectivity index (χ1v) is 7.59. The highest BCUT2D eigenvalue weighted by Gasteiger charge is 2.42. The number of aryl methyl sites for hydroxylation is 1. The van der Waals surface area contributed by atoms with Gasteiger partial charge in [-0.3, -0.25) is 9.36 Å². The number of rotatable bonds is 2. The zero-order valence-electron chi connectivity index (χ0n) is 12.7. The number of carbonyl (C=O) groups excluding carboxylic acids is 1. The van der Waals surface area contributed by atoms with Gasteiger partial charge in [0.2, 0.25) is 11.6 Å². The summed E-state index contributed by atoms with van der Waals surface area (Å²) >= 11 is 0. The Bertz CT molecular complexity index is 762. The highest BCUT2D eigenvalue weighted by molar-refractivity contribution is 5.94. The van der Waals surface area contributed by atoms with Gasteiger partial charge in [0.05, 0.1) is 12.1 Å². The molecule has 0 spiro atoms. The first kappa shape index (κ1) is 13.2. The molecule has 2 aromatic rings. The average Bonchev–Trinajstić information content (AvgIpc) is 3.04. The van der Waals surface area contributed by atoms with Crippen molar-refractivity contribution in [3.05, 3.63) is 59.3 Å². The first-order valence-electron chi connectivity index (χ1n) is 7.59. The molecule has 0 aliphatic carbocycles. The molecule has 2 unspecified atom stereocenters. The molecule has 2 aliphatic heterocycles. The van der Waals surface area contributed by atoms with Crippen LogP contribution in [-0.4, -0.2) is 31.5 Å². The number of allylic oxidation sites excluding steroid dienone is 1. The second kappa shape index (κ2) is 4.80. The zero-order chi connectivity index (χ0) is 15.3. The molecule has 2 aliphatic rings. The van der Waals surface area contributed by atoms with Gasteiger partial charge < -0.3 is 4.90 Å². The molecular weight excluding hydrogens is 276 g/mol. The average molecular weight is 294 g/mol. The van der Waals surface area contributed by atoms with E-state index in [4.69, 9.17) is 0 Å². The molecule has 0 N–H and O–H groups in total. The third kappa shape index (κ3) is 1.89. The van der Waals surface area contributed by atoms with Crippen molar-refractivity contribution in [1.82, 2.24) is 19.7 Å². The van der Waals surface area contributed by atoms with Gasteiger partial charge in [-0.1, -0.05) is 30.3 Å². The second-order valence-corrected chi connectivity index (χ2v) is 6.05. The van der Waals surface area contributed by atoms with E-state index in [-0.39, 0.29) is 17.9 Å². The Morgan fingerprint density at radius 2 is 1.95 bits per heavy atom. The molecule has 5 heteroatoms. The second-order valence-electron chi connectivity index (χ2n) is 6.05. The van der Waals surface area contributed by atoms with Crippen LogP contribution in [0.25, 0.3) is 0 Å². The van der Waals surface area contributed by atoms with E-state index in [1.165, 1.54) is 11.3 Å². The lowest BCUT2D eigenvalue weighted by Crippen LogP contribution is -2.41. The van der Waals surface area contributed by atoms with Gasteiger partial charge in [0.15, 0.2) is 0 Å². The van der Waals surface area contributed by atoms with E-state index in [0.29, 0.717) is 12.2 Å². The topological polar surface area (TPSA) is 51.0 Å². The summed E-state index contributed by atoms with van der Waals surface area (Å²) in [5, 5.41) is 8.13.